The molecule has 1 aliphatic rings. The second-order valence-electron chi connectivity index (χ2n) is 3.44. The molecule has 0 saturated heterocycles. The van der Waals surface area contributed by atoms with Crippen LogP contribution in [0, 0.1) is 3.57 Å². The number of methoxy groups -OCH3 is 1. The van der Waals surface area contributed by atoms with Crippen molar-refractivity contribution in [3.8, 4) is 0 Å². The number of ether oxygens (including phenoxy) is 1. The molecule has 1 aliphatic heterocycles. The van der Waals surface area contributed by atoms with Gasteiger partial charge in [0.15, 0.2) is 0 Å². The number of hydrogen-bond acceptors (Lipinski definition) is 3. The van der Waals surface area contributed by atoms with E-state index in [4.69, 9.17) is 4.74 Å². The molecule has 0 spiro atoms. The van der Waals surface area contributed by atoms with E-state index >= 15 is 0 Å². The van der Waals surface area contributed by atoms with Crippen molar-refractivity contribution in [2.75, 3.05) is 20.3 Å². The fraction of sp³-hybridized carbons (Fsp3) is 0.273. The van der Waals surface area contributed by atoms with E-state index < -0.39 is 0 Å². The lowest BCUT2D eigenvalue weighted by atomic mass is 10.1. The Bertz CT molecular complexity index is 459. The molecular formula is C11H10INO3. The molecule has 1 heterocycles. The molecule has 0 aliphatic carbocycles. The van der Waals surface area contributed by atoms with Crippen LogP contribution in [0.3, 0.4) is 0 Å². The number of imide groups is 1. The van der Waals surface area contributed by atoms with Gasteiger partial charge in [-0.2, -0.15) is 0 Å². The van der Waals surface area contributed by atoms with Gasteiger partial charge in [0.05, 0.1) is 24.3 Å². The summed E-state index contributed by atoms with van der Waals surface area (Å²) < 4.78 is 5.83. The molecule has 0 saturated carbocycles. The number of hydrogen-bond donors (Lipinski definition) is 0. The van der Waals surface area contributed by atoms with Crippen LogP contribution in [0.4, 0.5) is 0 Å². The third-order valence-corrected chi connectivity index (χ3v) is 3.12. The highest BCUT2D eigenvalue weighted by Crippen LogP contribution is 2.24. The van der Waals surface area contributed by atoms with Crippen molar-refractivity contribution >= 4 is 34.4 Å². The Balaban J connectivity index is 2.33. The summed E-state index contributed by atoms with van der Waals surface area (Å²) in [5.74, 6) is -0.455. The molecule has 0 unspecified atom stereocenters. The lowest BCUT2D eigenvalue weighted by molar-refractivity contribution is 0.0603. The topological polar surface area (TPSA) is 46.6 Å². The van der Waals surface area contributed by atoms with Gasteiger partial charge in [0.1, 0.15) is 0 Å². The Morgan fingerprint density at radius 2 is 1.94 bits per heavy atom. The van der Waals surface area contributed by atoms with Crippen LogP contribution >= 0.6 is 22.6 Å². The summed E-state index contributed by atoms with van der Waals surface area (Å²) in [6, 6.07) is 5.26. The van der Waals surface area contributed by atoms with E-state index in [0.717, 1.165) is 3.57 Å². The molecule has 2 rings (SSSR count). The molecule has 2 amide bonds. The van der Waals surface area contributed by atoms with E-state index in [1.807, 2.05) is 6.07 Å². The number of carbonyl (C=O) groups excluding carboxylic acids is 2. The van der Waals surface area contributed by atoms with Crippen molar-refractivity contribution in [1.82, 2.24) is 4.90 Å². The molecule has 1 aromatic carbocycles. The predicted octanol–water partition coefficient (Wildman–Crippen LogP) is 1.53. The van der Waals surface area contributed by atoms with Gasteiger partial charge >= 0.3 is 0 Å². The molecule has 1 aromatic rings. The van der Waals surface area contributed by atoms with E-state index in [0.29, 0.717) is 24.3 Å². The Labute approximate surface area is 107 Å². The zero-order chi connectivity index (χ0) is 11.7. The first-order valence-electron chi connectivity index (χ1n) is 4.80. The standard InChI is InChI=1S/C11H10INO3/c1-16-5-4-13-10(14)8-3-2-7(12)6-9(8)11(13)15/h2-3,6H,4-5H2,1H3. The fourth-order valence-corrected chi connectivity index (χ4v) is 2.14. The molecule has 0 atom stereocenters. The van der Waals surface area contributed by atoms with Gasteiger partial charge in [0, 0.05) is 10.7 Å². The first-order chi connectivity index (χ1) is 7.65. The summed E-state index contributed by atoms with van der Waals surface area (Å²) in [6.07, 6.45) is 0. The second kappa shape index (κ2) is 4.50. The van der Waals surface area contributed by atoms with E-state index in [1.54, 1.807) is 19.2 Å². The quantitative estimate of drug-likeness (QED) is 0.623. The first-order valence-corrected chi connectivity index (χ1v) is 5.87. The minimum atomic E-state index is -0.228. The van der Waals surface area contributed by atoms with Crippen molar-refractivity contribution in [3.63, 3.8) is 0 Å². The maximum absolute atomic E-state index is 11.9. The summed E-state index contributed by atoms with van der Waals surface area (Å²) in [6.45, 7) is 0.669. The SMILES string of the molecule is COCCN1C(=O)c2ccc(I)cc2C1=O. The summed E-state index contributed by atoms with van der Waals surface area (Å²) in [5, 5.41) is 0. The predicted molar refractivity (Wildman–Crippen MR) is 66.4 cm³/mol. The Hall–Kier alpha value is -0.950. The maximum atomic E-state index is 11.9. The van der Waals surface area contributed by atoms with Crippen molar-refractivity contribution in [1.29, 1.82) is 0 Å². The van der Waals surface area contributed by atoms with Crippen LogP contribution in [0.5, 0.6) is 0 Å². The molecule has 5 heteroatoms. The molecule has 0 bridgehead atoms. The highest BCUT2D eigenvalue weighted by atomic mass is 127. The van der Waals surface area contributed by atoms with Crippen LogP contribution in [0.2, 0.25) is 0 Å². The van der Waals surface area contributed by atoms with E-state index in [9.17, 15) is 9.59 Å². The van der Waals surface area contributed by atoms with Gasteiger partial charge in [-0.1, -0.05) is 0 Å². The van der Waals surface area contributed by atoms with Gasteiger partial charge in [-0.3, -0.25) is 14.5 Å². The first kappa shape index (κ1) is 11.5. The van der Waals surface area contributed by atoms with Crippen LogP contribution in [0.25, 0.3) is 0 Å². The number of nitrogens with zero attached hydrogens (tertiary/aromatic N) is 1. The smallest absolute Gasteiger partial charge is 0.261 e. The lowest BCUT2D eigenvalue weighted by Gasteiger charge is -2.12. The normalized spacial score (nSPS) is 14.5. The van der Waals surface area contributed by atoms with Gasteiger partial charge in [0.25, 0.3) is 11.8 Å². The van der Waals surface area contributed by atoms with Gasteiger partial charge in [0.2, 0.25) is 0 Å². The third-order valence-electron chi connectivity index (χ3n) is 2.45. The van der Waals surface area contributed by atoms with Crippen LogP contribution in [-0.2, 0) is 4.74 Å². The minimum absolute atomic E-state index is 0.226. The van der Waals surface area contributed by atoms with Crippen molar-refractivity contribution in [2.24, 2.45) is 0 Å². The van der Waals surface area contributed by atoms with Gasteiger partial charge in [-0.25, -0.2) is 0 Å². The Morgan fingerprint density at radius 3 is 2.62 bits per heavy atom. The highest BCUT2D eigenvalue weighted by Gasteiger charge is 2.34. The molecule has 0 N–H and O–H groups in total. The number of halogens is 1. The number of benzene rings is 1. The Kier molecular flexibility index (Phi) is 3.25. The molecule has 0 fully saturated rings. The zero-order valence-corrected chi connectivity index (χ0v) is 10.9. The fourth-order valence-electron chi connectivity index (χ4n) is 1.65. The van der Waals surface area contributed by atoms with Crippen LogP contribution < -0.4 is 0 Å². The van der Waals surface area contributed by atoms with E-state index in [-0.39, 0.29) is 11.8 Å². The molecule has 0 aromatic heterocycles. The number of amides is 2. The average molecular weight is 331 g/mol. The number of fused-ring (bicyclic) bond motifs is 1. The van der Waals surface area contributed by atoms with Gasteiger partial charge in [-0.05, 0) is 40.8 Å². The largest absolute Gasteiger partial charge is 0.383 e. The van der Waals surface area contributed by atoms with Gasteiger partial charge in [-0.15, -0.1) is 0 Å². The van der Waals surface area contributed by atoms with Crippen molar-refractivity contribution in [3.05, 3.63) is 32.9 Å². The van der Waals surface area contributed by atoms with Crippen molar-refractivity contribution < 1.29 is 14.3 Å². The molecular weight excluding hydrogens is 321 g/mol. The Morgan fingerprint density at radius 1 is 1.25 bits per heavy atom. The van der Waals surface area contributed by atoms with Crippen LogP contribution in [0.15, 0.2) is 18.2 Å². The molecule has 84 valence electrons. The van der Waals surface area contributed by atoms with Crippen LogP contribution in [-0.4, -0.2) is 37.0 Å². The monoisotopic (exact) mass is 331 g/mol. The number of rotatable bonds is 3. The van der Waals surface area contributed by atoms with Crippen molar-refractivity contribution in [2.45, 2.75) is 0 Å². The average Bonchev–Trinajstić information content (AvgIpc) is 2.50. The highest BCUT2D eigenvalue weighted by molar-refractivity contribution is 14.1. The molecule has 0 radical (unpaired) electrons. The summed E-state index contributed by atoms with van der Waals surface area (Å²) >= 11 is 2.12. The summed E-state index contributed by atoms with van der Waals surface area (Å²) in [5.41, 5.74) is 0.981. The second-order valence-corrected chi connectivity index (χ2v) is 4.69. The minimum Gasteiger partial charge on any atom is -0.383 e. The summed E-state index contributed by atoms with van der Waals surface area (Å²) in [4.78, 5) is 25.0. The number of carbonyl (C=O) groups is 2. The van der Waals surface area contributed by atoms with E-state index in [2.05, 4.69) is 22.6 Å². The molecule has 16 heavy (non-hydrogen) atoms. The zero-order valence-electron chi connectivity index (χ0n) is 8.70. The lowest BCUT2D eigenvalue weighted by Crippen LogP contribution is -2.32. The summed E-state index contributed by atoms with van der Waals surface area (Å²) in [7, 11) is 1.54. The third kappa shape index (κ3) is 1.84. The molecule has 4 nitrogen and oxygen atoms in total. The van der Waals surface area contributed by atoms with E-state index in [1.165, 1.54) is 4.90 Å². The van der Waals surface area contributed by atoms with Crippen LogP contribution in [0.1, 0.15) is 20.7 Å². The maximum Gasteiger partial charge on any atom is 0.261 e. The van der Waals surface area contributed by atoms with Gasteiger partial charge < -0.3 is 4.74 Å².